The highest BCUT2D eigenvalue weighted by molar-refractivity contribution is 6.29. The van der Waals surface area contributed by atoms with Gasteiger partial charge in [0.15, 0.2) is 0 Å². The number of aryl methyl sites for hydroxylation is 1. The summed E-state index contributed by atoms with van der Waals surface area (Å²) in [5.41, 5.74) is 1.21. The fourth-order valence-electron chi connectivity index (χ4n) is 0.845. The molecule has 0 saturated heterocycles. The minimum Gasteiger partial charge on any atom is -0.465 e. The molecule has 0 fully saturated rings. The zero-order valence-corrected chi connectivity index (χ0v) is 7.55. The molecule has 1 aromatic heterocycles. The molecule has 0 amide bonds. The van der Waals surface area contributed by atoms with Gasteiger partial charge in [0.1, 0.15) is 5.15 Å². The van der Waals surface area contributed by atoms with Crippen LogP contribution >= 0.6 is 11.6 Å². The predicted molar refractivity (Wildman–Crippen MR) is 45.3 cm³/mol. The first-order chi connectivity index (χ1) is 5.65. The van der Waals surface area contributed by atoms with Gasteiger partial charge < -0.3 is 4.74 Å². The van der Waals surface area contributed by atoms with Gasteiger partial charge in [0.2, 0.25) is 0 Å². The van der Waals surface area contributed by atoms with Crippen molar-refractivity contribution < 1.29 is 9.53 Å². The Bertz CT molecular complexity index is 312. The number of hydrogen-bond acceptors (Lipinski definition) is 3. The molecule has 0 bridgehead atoms. The van der Waals surface area contributed by atoms with Crippen molar-refractivity contribution in [3.8, 4) is 0 Å². The topological polar surface area (TPSA) is 39.2 Å². The number of carbonyl (C=O) groups excluding carboxylic acids is 1. The van der Waals surface area contributed by atoms with E-state index in [0.717, 1.165) is 5.56 Å². The van der Waals surface area contributed by atoms with E-state index in [4.69, 9.17) is 11.6 Å². The van der Waals surface area contributed by atoms with Crippen molar-refractivity contribution in [1.82, 2.24) is 4.98 Å². The van der Waals surface area contributed by atoms with E-state index in [-0.39, 0.29) is 0 Å². The van der Waals surface area contributed by atoms with E-state index in [9.17, 15) is 4.79 Å². The van der Waals surface area contributed by atoms with Crippen molar-refractivity contribution in [2.24, 2.45) is 0 Å². The Morgan fingerprint density at radius 1 is 1.67 bits per heavy atom. The maximum Gasteiger partial charge on any atom is 0.339 e. The Labute approximate surface area is 75.3 Å². The molecule has 12 heavy (non-hydrogen) atoms. The molecular formula is C8H8ClNO2. The number of ether oxygens (including phenoxy) is 1. The lowest BCUT2D eigenvalue weighted by Gasteiger charge is -2.01. The quantitative estimate of drug-likeness (QED) is 0.495. The van der Waals surface area contributed by atoms with Crippen molar-refractivity contribution in [3.05, 3.63) is 28.5 Å². The first-order valence-corrected chi connectivity index (χ1v) is 3.73. The second-order valence-electron chi connectivity index (χ2n) is 2.31. The summed E-state index contributed by atoms with van der Waals surface area (Å²) in [6.07, 6.45) is 1.41. The average molecular weight is 186 g/mol. The molecule has 0 aliphatic carbocycles. The van der Waals surface area contributed by atoms with Crippen LogP contribution in [0.1, 0.15) is 15.9 Å². The maximum atomic E-state index is 11.0. The lowest BCUT2D eigenvalue weighted by Crippen LogP contribution is -2.04. The summed E-state index contributed by atoms with van der Waals surface area (Å²) >= 11 is 5.60. The van der Waals surface area contributed by atoms with E-state index in [2.05, 4.69) is 9.72 Å². The van der Waals surface area contributed by atoms with Gasteiger partial charge in [0.05, 0.1) is 12.7 Å². The number of pyridine rings is 1. The Morgan fingerprint density at radius 3 is 2.83 bits per heavy atom. The minimum atomic E-state index is -0.392. The molecule has 0 unspecified atom stereocenters. The minimum absolute atomic E-state index is 0.375. The fraction of sp³-hybridized carbons (Fsp3) is 0.250. The molecule has 64 valence electrons. The molecule has 0 spiro atoms. The molecule has 0 aliphatic rings. The third kappa shape index (κ3) is 1.74. The van der Waals surface area contributed by atoms with Gasteiger partial charge in [-0.3, -0.25) is 0 Å². The van der Waals surface area contributed by atoms with E-state index < -0.39 is 5.97 Å². The first-order valence-electron chi connectivity index (χ1n) is 3.35. The van der Waals surface area contributed by atoms with Gasteiger partial charge in [0.25, 0.3) is 0 Å². The van der Waals surface area contributed by atoms with Gasteiger partial charge in [-0.2, -0.15) is 0 Å². The van der Waals surface area contributed by atoms with Crippen LogP contribution in [-0.2, 0) is 4.74 Å². The van der Waals surface area contributed by atoms with Crippen LogP contribution in [0, 0.1) is 6.92 Å². The summed E-state index contributed by atoms with van der Waals surface area (Å²) < 4.78 is 4.53. The summed E-state index contributed by atoms with van der Waals surface area (Å²) in [5.74, 6) is -0.392. The number of aromatic nitrogens is 1. The number of nitrogens with zero attached hydrogens (tertiary/aromatic N) is 1. The van der Waals surface area contributed by atoms with Gasteiger partial charge in [-0.1, -0.05) is 11.6 Å². The van der Waals surface area contributed by atoms with Crippen molar-refractivity contribution in [2.45, 2.75) is 6.92 Å². The Hall–Kier alpha value is -1.09. The van der Waals surface area contributed by atoms with Gasteiger partial charge in [-0.25, -0.2) is 9.78 Å². The summed E-state index contributed by atoms with van der Waals surface area (Å²) in [7, 11) is 1.33. The van der Waals surface area contributed by atoms with Crippen molar-refractivity contribution >= 4 is 17.6 Å². The highest BCUT2D eigenvalue weighted by Gasteiger charge is 2.08. The Balaban J connectivity index is 3.09. The largest absolute Gasteiger partial charge is 0.465 e. The second-order valence-corrected chi connectivity index (χ2v) is 2.70. The molecule has 1 heterocycles. The number of rotatable bonds is 1. The third-order valence-corrected chi connectivity index (χ3v) is 1.69. The normalized spacial score (nSPS) is 9.58. The lowest BCUT2D eigenvalue weighted by atomic mass is 10.2. The molecule has 0 radical (unpaired) electrons. The SMILES string of the molecule is COC(=O)c1cnc(Cl)cc1C. The van der Waals surface area contributed by atoms with Crippen LogP contribution < -0.4 is 0 Å². The molecule has 1 aromatic rings. The zero-order valence-electron chi connectivity index (χ0n) is 6.80. The van der Waals surface area contributed by atoms with Crippen LogP contribution in [0.2, 0.25) is 5.15 Å². The molecule has 0 N–H and O–H groups in total. The van der Waals surface area contributed by atoms with E-state index in [0.29, 0.717) is 10.7 Å². The van der Waals surface area contributed by atoms with E-state index in [1.165, 1.54) is 13.3 Å². The van der Waals surface area contributed by atoms with Crippen molar-refractivity contribution in [2.75, 3.05) is 7.11 Å². The van der Waals surface area contributed by atoms with E-state index in [1.54, 1.807) is 13.0 Å². The third-order valence-electron chi connectivity index (χ3n) is 1.48. The predicted octanol–water partition coefficient (Wildman–Crippen LogP) is 1.83. The van der Waals surface area contributed by atoms with Crippen LogP contribution in [0.5, 0.6) is 0 Å². The van der Waals surface area contributed by atoms with Gasteiger partial charge in [-0.15, -0.1) is 0 Å². The highest BCUT2D eigenvalue weighted by atomic mass is 35.5. The number of carbonyl (C=O) groups is 1. The Kier molecular flexibility index (Phi) is 2.65. The lowest BCUT2D eigenvalue weighted by molar-refractivity contribution is 0.0599. The zero-order chi connectivity index (χ0) is 9.14. The molecule has 0 saturated carbocycles. The Morgan fingerprint density at radius 2 is 2.33 bits per heavy atom. The molecule has 0 atom stereocenters. The number of hydrogen-bond donors (Lipinski definition) is 0. The average Bonchev–Trinajstić information content (AvgIpc) is 2.03. The number of esters is 1. The first kappa shape index (κ1) is 9.00. The summed E-state index contributed by atoms with van der Waals surface area (Å²) in [5, 5.41) is 0.375. The highest BCUT2D eigenvalue weighted by Crippen LogP contribution is 2.12. The fourth-order valence-corrected chi connectivity index (χ4v) is 1.06. The van der Waals surface area contributed by atoms with E-state index in [1.807, 2.05) is 0 Å². The monoisotopic (exact) mass is 185 g/mol. The van der Waals surface area contributed by atoms with Crippen LogP contribution in [-0.4, -0.2) is 18.1 Å². The molecule has 4 heteroatoms. The van der Waals surface area contributed by atoms with Crippen molar-refractivity contribution in [1.29, 1.82) is 0 Å². The smallest absolute Gasteiger partial charge is 0.339 e. The van der Waals surface area contributed by atoms with Gasteiger partial charge in [-0.05, 0) is 18.6 Å². The van der Waals surface area contributed by atoms with E-state index >= 15 is 0 Å². The molecule has 3 nitrogen and oxygen atoms in total. The van der Waals surface area contributed by atoms with Crippen LogP contribution in [0.4, 0.5) is 0 Å². The summed E-state index contributed by atoms with van der Waals surface area (Å²) in [6, 6.07) is 1.62. The molecule has 0 aliphatic heterocycles. The molecular weight excluding hydrogens is 178 g/mol. The maximum absolute atomic E-state index is 11.0. The second kappa shape index (κ2) is 3.54. The molecule has 1 rings (SSSR count). The molecule has 0 aromatic carbocycles. The summed E-state index contributed by atoms with van der Waals surface area (Å²) in [6.45, 7) is 1.78. The van der Waals surface area contributed by atoms with Crippen LogP contribution in [0.15, 0.2) is 12.3 Å². The van der Waals surface area contributed by atoms with Crippen LogP contribution in [0.25, 0.3) is 0 Å². The van der Waals surface area contributed by atoms with Crippen molar-refractivity contribution in [3.63, 3.8) is 0 Å². The number of methoxy groups -OCH3 is 1. The standard InChI is InChI=1S/C8H8ClNO2/c1-5-3-7(9)10-4-6(5)8(11)12-2/h3-4H,1-2H3. The number of halogens is 1. The van der Waals surface area contributed by atoms with Crippen LogP contribution in [0.3, 0.4) is 0 Å². The summed E-state index contributed by atoms with van der Waals surface area (Å²) in [4.78, 5) is 14.8. The van der Waals surface area contributed by atoms with Gasteiger partial charge in [0, 0.05) is 6.20 Å². The van der Waals surface area contributed by atoms with Gasteiger partial charge >= 0.3 is 5.97 Å².